The van der Waals surface area contributed by atoms with Crippen LogP contribution in [0.4, 0.5) is 0 Å². The molecule has 0 radical (unpaired) electrons. The van der Waals surface area contributed by atoms with Crippen molar-refractivity contribution in [2.45, 2.75) is 19.5 Å². The van der Waals surface area contributed by atoms with Crippen molar-refractivity contribution in [1.82, 2.24) is 15.1 Å². The Bertz CT molecular complexity index is 573. The average molecular weight is 337 g/mol. The monoisotopic (exact) mass is 336 g/mol. The van der Waals surface area contributed by atoms with Crippen molar-refractivity contribution in [3.05, 3.63) is 34.6 Å². The summed E-state index contributed by atoms with van der Waals surface area (Å²) in [7, 11) is 0. The van der Waals surface area contributed by atoms with E-state index in [-0.39, 0.29) is 6.04 Å². The normalized spacial score (nSPS) is 23.4. The van der Waals surface area contributed by atoms with Gasteiger partial charge in [0.15, 0.2) is 0 Å². The Balaban J connectivity index is 1.69. The number of benzene rings is 1. The highest BCUT2D eigenvalue weighted by Crippen LogP contribution is 2.22. The van der Waals surface area contributed by atoms with E-state index in [0.717, 1.165) is 23.1 Å². The van der Waals surface area contributed by atoms with Gasteiger partial charge >= 0.3 is 0 Å². The first-order valence-electron chi connectivity index (χ1n) is 6.68. The fraction of sp³-hybridized carbons (Fsp3) is 0.429. The second-order valence-electron chi connectivity index (χ2n) is 5.34. The molecular formula is C14H17BrN4O. The third-order valence-corrected chi connectivity index (χ3v) is 4.19. The van der Waals surface area contributed by atoms with Gasteiger partial charge in [-0.1, -0.05) is 22.9 Å². The van der Waals surface area contributed by atoms with Gasteiger partial charge in [0.2, 0.25) is 11.8 Å². The number of likely N-dealkylation sites (tertiary alicyclic amines) is 1. The molecule has 1 fully saturated rings. The minimum atomic E-state index is 0.240. The van der Waals surface area contributed by atoms with E-state index in [2.05, 4.69) is 38.0 Å². The van der Waals surface area contributed by atoms with Crippen LogP contribution in [0.25, 0.3) is 11.5 Å². The Labute approximate surface area is 126 Å². The summed E-state index contributed by atoms with van der Waals surface area (Å²) in [5, 5.41) is 8.22. The molecule has 0 spiro atoms. The fourth-order valence-electron chi connectivity index (χ4n) is 2.44. The van der Waals surface area contributed by atoms with E-state index >= 15 is 0 Å². The maximum atomic E-state index is 6.02. The Hall–Kier alpha value is -1.24. The number of nitrogens with zero attached hydrogens (tertiary/aromatic N) is 3. The van der Waals surface area contributed by atoms with Crippen LogP contribution in [0, 0.1) is 5.92 Å². The standard InChI is InChI=1S/C14H17BrN4O/c1-9-6-19(7-12(9)16)8-13-17-18-14(20-13)10-2-4-11(15)5-3-10/h2-5,9,12H,6-8,16H2,1H3. The third-order valence-electron chi connectivity index (χ3n) is 3.66. The number of nitrogens with two attached hydrogens (primary N) is 1. The molecule has 0 aliphatic carbocycles. The van der Waals surface area contributed by atoms with Gasteiger partial charge in [-0.2, -0.15) is 0 Å². The predicted molar refractivity (Wildman–Crippen MR) is 79.9 cm³/mol. The van der Waals surface area contributed by atoms with Crippen molar-refractivity contribution in [3.8, 4) is 11.5 Å². The maximum absolute atomic E-state index is 6.02. The van der Waals surface area contributed by atoms with Crippen molar-refractivity contribution < 1.29 is 4.42 Å². The minimum Gasteiger partial charge on any atom is -0.419 e. The highest BCUT2D eigenvalue weighted by atomic mass is 79.9. The summed E-state index contributed by atoms with van der Waals surface area (Å²) in [4.78, 5) is 2.26. The van der Waals surface area contributed by atoms with Gasteiger partial charge in [-0.15, -0.1) is 10.2 Å². The molecule has 1 saturated heterocycles. The second kappa shape index (κ2) is 5.63. The summed E-state index contributed by atoms with van der Waals surface area (Å²) in [5.74, 6) is 1.72. The van der Waals surface area contributed by atoms with Crippen LogP contribution in [0.5, 0.6) is 0 Å². The zero-order valence-corrected chi connectivity index (χ0v) is 12.9. The van der Waals surface area contributed by atoms with Crippen molar-refractivity contribution >= 4 is 15.9 Å². The maximum Gasteiger partial charge on any atom is 0.247 e. The third kappa shape index (κ3) is 2.92. The van der Waals surface area contributed by atoms with E-state index in [0.29, 0.717) is 24.2 Å². The lowest BCUT2D eigenvalue weighted by atomic mass is 10.1. The quantitative estimate of drug-likeness (QED) is 0.931. The second-order valence-corrected chi connectivity index (χ2v) is 6.26. The summed E-state index contributed by atoms with van der Waals surface area (Å²) in [5.41, 5.74) is 6.95. The molecule has 0 amide bonds. The van der Waals surface area contributed by atoms with Crippen LogP contribution in [0.2, 0.25) is 0 Å². The van der Waals surface area contributed by atoms with Crippen LogP contribution in [0.15, 0.2) is 33.2 Å². The molecular weight excluding hydrogens is 320 g/mol. The smallest absolute Gasteiger partial charge is 0.247 e. The van der Waals surface area contributed by atoms with E-state index in [4.69, 9.17) is 10.2 Å². The summed E-state index contributed by atoms with van der Waals surface area (Å²) in [6.07, 6.45) is 0. The molecule has 5 nitrogen and oxygen atoms in total. The number of halogens is 1. The van der Waals surface area contributed by atoms with Gasteiger partial charge in [-0.05, 0) is 30.2 Å². The first-order chi connectivity index (χ1) is 9.61. The van der Waals surface area contributed by atoms with E-state index in [1.807, 2.05) is 24.3 Å². The molecule has 6 heteroatoms. The van der Waals surface area contributed by atoms with Gasteiger partial charge in [0.25, 0.3) is 0 Å². The van der Waals surface area contributed by atoms with Crippen molar-refractivity contribution in [2.75, 3.05) is 13.1 Å². The van der Waals surface area contributed by atoms with Gasteiger partial charge in [-0.3, -0.25) is 4.90 Å². The topological polar surface area (TPSA) is 68.2 Å². The first-order valence-corrected chi connectivity index (χ1v) is 7.47. The Morgan fingerprint density at radius 1 is 1.30 bits per heavy atom. The van der Waals surface area contributed by atoms with Gasteiger partial charge < -0.3 is 10.2 Å². The number of hydrogen-bond acceptors (Lipinski definition) is 5. The van der Waals surface area contributed by atoms with Crippen molar-refractivity contribution in [3.63, 3.8) is 0 Å². The lowest BCUT2D eigenvalue weighted by Crippen LogP contribution is -2.28. The molecule has 1 aliphatic rings. The molecule has 20 heavy (non-hydrogen) atoms. The lowest BCUT2D eigenvalue weighted by Gasteiger charge is -2.11. The highest BCUT2D eigenvalue weighted by molar-refractivity contribution is 9.10. The van der Waals surface area contributed by atoms with Crippen molar-refractivity contribution in [2.24, 2.45) is 11.7 Å². The predicted octanol–water partition coefficient (Wildman–Crippen LogP) is 2.28. The number of rotatable bonds is 3. The largest absolute Gasteiger partial charge is 0.419 e. The fourth-order valence-corrected chi connectivity index (χ4v) is 2.71. The van der Waals surface area contributed by atoms with Gasteiger partial charge in [0.05, 0.1) is 6.54 Å². The summed E-state index contributed by atoms with van der Waals surface area (Å²) >= 11 is 3.41. The van der Waals surface area contributed by atoms with Crippen LogP contribution >= 0.6 is 15.9 Å². The zero-order chi connectivity index (χ0) is 14.1. The summed E-state index contributed by atoms with van der Waals surface area (Å²) in [6.45, 7) is 4.71. The molecule has 2 N–H and O–H groups in total. The lowest BCUT2D eigenvalue weighted by molar-refractivity contribution is 0.283. The van der Waals surface area contributed by atoms with Crippen molar-refractivity contribution in [1.29, 1.82) is 0 Å². The molecule has 2 atom stereocenters. The summed E-state index contributed by atoms with van der Waals surface area (Å²) < 4.78 is 6.75. The molecule has 2 heterocycles. The Morgan fingerprint density at radius 2 is 2.05 bits per heavy atom. The molecule has 2 unspecified atom stereocenters. The van der Waals surface area contributed by atoms with Gasteiger partial charge in [0, 0.05) is 29.2 Å². The SMILES string of the molecule is CC1CN(Cc2nnc(-c3ccc(Br)cc3)o2)CC1N. The van der Waals surface area contributed by atoms with Crippen LogP contribution in [-0.4, -0.2) is 34.2 Å². The molecule has 0 bridgehead atoms. The molecule has 0 saturated carbocycles. The molecule has 3 rings (SSSR count). The van der Waals surface area contributed by atoms with Crippen LogP contribution < -0.4 is 5.73 Å². The van der Waals surface area contributed by atoms with Gasteiger partial charge in [-0.25, -0.2) is 0 Å². The Kier molecular flexibility index (Phi) is 3.87. The summed E-state index contributed by atoms with van der Waals surface area (Å²) in [6, 6.07) is 8.06. The van der Waals surface area contributed by atoms with Gasteiger partial charge in [0.1, 0.15) is 0 Å². The zero-order valence-electron chi connectivity index (χ0n) is 11.3. The molecule has 1 aliphatic heterocycles. The number of hydrogen-bond donors (Lipinski definition) is 1. The Morgan fingerprint density at radius 3 is 2.70 bits per heavy atom. The van der Waals surface area contributed by atoms with Crippen LogP contribution in [0.3, 0.4) is 0 Å². The van der Waals surface area contributed by atoms with Crippen LogP contribution in [-0.2, 0) is 6.54 Å². The molecule has 1 aromatic carbocycles. The van der Waals surface area contributed by atoms with E-state index < -0.39 is 0 Å². The molecule has 106 valence electrons. The molecule has 2 aromatic rings. The highest BCUT2D eigenvalue weighted by Gasteiger charge is 2.27. The van der Waals surface area contributed by atoms with E-state index in [1.54, 1.807) is 0 Å². The van der Waals surface area contributed by atoms with Crippen LogP contribution in [0.1, 0.15) is 12.8 Å². The molecule has 1 aromatic heterocycles. The minimum absolute atomic E-state index is 0.240. The first kappa shape index (κ1) is 13.7. The number of aromatic nitrogens is 2. The van der Waals surface area contributed by atoms with E-state index in [9.17, 15) is 0 Å². The van der Waals surface area contributed by atoms with E-state index in [1.165, 1.54) is 0 Å². The average Bonchev–Trinajstić information content (AvgIpc) is 2.99.